The summed E-state index contributed by atoms with van der Waals surface area (Å²) in [4.78, 5) is 12.8. The average molecular weight is 401 g/mol. The molecule has 1 amide bonds. The lowest BCUT2D eigenvalue weighted by atomic mass is 9.96. The summed E-state index contributed by atoms with van der Waals surface area (Å²) < 4.78 is 25.1. The Kier molecular flexibility index (Phi) is 7.40. The Balaban J connectivity index is 2.20. The van der Waals surface area contributed by atoms with Gasteiger partial charge in [0, 0.05) is 5.56 Å². The number of hydrogen-bond donors (Lipinski definition) is 1. The van der Waals surface area contributed by atoms with Gasteiger partial charge >= 0.3 is 0 Å². The number of nitrogens with one attached hydrogen (secondary N) is 1. The minimum absolute atomic E-state index is 0.0818. The Morgan fingerprint density at radius 3 is 2.21 bits per heavy atom. The Bertz CT molecular complexity index is 891. The Hall–Kier alpha value is -2.60. The Morgan fingerprint density at radius 2 is 1.71 bits per heavy atom. The minimum Gasteiger partial charge on any atom is -0.345 e. The summed E-state index contributed by atoms with van der Waals surface area (Å²) in [6, 6.07) is 16.4. The maximum absolute atomic E-state index is 12.8. The van der Waals surface area contributed by atoms with Gasteiger partial charge in [-0.25, -0.2) is 8.42 Å². The molecule has 0 aliphatic heterocycles. The number of rotatable bonds is 9. The highest BCUT2D eigenvalue weighted by Gasteiger charge is 2.19. The lowest BCUT2D eigenvalue weighted by molar-refractivity contribution is 0.0932. The van der Waals surface area contributed by atoms with Crippen LogP contribution in [0.3, 0.4) is 0 Å². The number of carbonyl (C=O) groups is 1. The number of sulfonamides is 1. The fourth-order valence-electron chi connectivity index (χ4n) is 3.01. The van der Waals surface area contributed by atoms with Crippen molar-refractivity contribution in [1.29, 1.82) is 0 Å². The van der Waals surface area contributed by atoms with Gasteiger partial charge in [-0.3, -0.25) is 9.10 Å². The molecule has 0 aliphatic carbocycles. The summed E-state index contributed by atoms with van der Waals surface area (Å²) >= 11 is 0. The van der Waals surface area contributed by atoms with Crippen molar-refractivity contribution < 1.29 is 13.2 Å². The first-order valence-electron chi connectivity index (χ1n) is 9.27. The SMILES string of the molecule is C=CCN(c1ccc(C(=O)N[C@H](CC(C)C)c2ccccc2)cc1)S(C)(=O)=O. The minimum atomic E-state index is -3.42. The summed E-state index contributed by atoms with van der Waals surface area (Å²) in [7, 11) is -3.42. The van der Waals surface area contributed by atoms with E-state index in [4.69, 9.17) is 0 Å². The molecule has 0 bridgehead atoms. The van der Waals surface area contributed by atoms with Crippen LogP contribution in [0.4, 0.5) is 5.69 Å². The van der Waals surface area contributed by atoms with Gasteiger partial charge in [0.05, 0.1) is 24.5 Å². The molecule has 6 heteroatoms. The second-order valence-corrected chi connectivity index (χ2v) is 9.10. The van der Waals surface area contributed by atoms with E-state index in [0.717, 1.165) is 18.2 Å². The predicted molar refractivity (Wildman–Crippen MR) is 115 cm³/mol. The van der Waals surface area contributed by atoms with Crippen molar-refractivity contribution >= 4 is 21.6 Å². The number of amides is 1. The normalized spacial score (nSPS) is 12.4. The highest BCUT2D eigenvalue weighted by Crippen LogP contribution is 2.23. The molecule has 1 N–H and O–H groups in total. The van der Waals surface area contributed by atoms with E-state index >= 15 is 0 Å². The number of benzene rings is 2. The zero-order valence-electron chi connectivity index (χ0n) is 16.6. The molecule has 2 aromatic carbocycles. The van der Waals surface area contributed by atoms with E-state index in [-0.39, 0.29) is 18.5 Å². The molecular weight excluding hydrogens is 372 g/mol. The van der Waals surface area contributed by atoms with Gasteiger partial charge in [-0.15, -0.1) is 6.58 Å². The van der Waals surface area contributed by atoms with Crippen LogP contribution in [-0.4, -0.2) is 27.1 Å². The molecule has 0 aliphatic rings. The van der Waals surface area contributed by atoms with Crippen molar-refractivity contribution in [1.82, 2.24) is 5.32 Å². The predicted octanol–water partition coefficient (Wildman–Crippen LogP) is 4.16. The second-order valence-electron chi connectivity index (χ2n) is 7.20. The van der Waals surface area contributed by atoms with Gasteiger partial charge < -0.3 is 5.32 Å². The molecule has 0 unspecified atom stereocenters. The monoisotopic (exact) mass is 400 g/mol. The third-order valence-electron chi connectivity index (χ3n) is 4.33. The van der Waals surface area contributed by atoms with Gasteiger partial charge in [-0.2, -0.15) is 0 Å². The topological polar surface area (TPSA) is 66.5 Å². The van der Waals surface area contributed by atoms with Crippen LogP contribution in [0.15, 0.2) is 67.3 Å². The van der Waals surface area contributed by atoms with Crippen molar-refractivity contribution in [2.45, 2.75) is 26.3 Å². The van der Waals surface area contributed by atoms with Crippen LogP contribution in [0.5, 0.6) is 0 Å². The zero-order chi connectivity index (χ0) is 20.7. The lowest BCUT2D eigenvalue weighted by Crippen LogP contribution is -2.31. The van der Waals surface area contributed by atoms with Crippen LogP contribution in [0.2, 0.25) is 0 Å². The van der Waals surface area contributed by atoms with Gasteiger partial charge in [0.15, 0.2) is 0 Å². The van der Waals surface area contributed by atoms with Crippen LogP contribution >= 0.6 is 0 Å². The molecule has 0 spiro atoms. The molecule has 0 heterocycles. The summed E-state index contributed by atoms with van der Waals surface area (Å²) in [6.45, 7) is 8.02. The molecule has 0 saturated heterocycles. The van der Waals surface area contributed by atoms with Crippen molar-refractivity contribution in [3.05, 3.63) is 78.4 Å². The summed E-state index contributed by atoms with van der Waals surface area (Å²) in [5.74, 6) is 0.241. The third-order valence-corrected chi connectivity index (χ3v) is 5.49. The molecule has 0 fully saturated rings. The van der Waals surface area contributed by atoms with Gasteiger partial charge in [0.25, 0.3) is 5.91 Å². The molecule has 2 rings (SSSR count). The summed E-state index contributed by atoms with van der Waals surface area (Å²) in [6.07, 6.45) is 3.50. The first-order chi connectivity index (χ1) is 13.2. The maximum atomic E-state index is 12.8. The van der Waals surface area contributed by atoms with Crippen LogP contribution in [0.25, 0.3) is 0 Å². The van der Waals surface area contributed by atoms with Gasteiger partial charge in [-0.1, -0.05) is 50.3 Å². The molecule has 0 saturated carbocycles. The van der Waals surface area contributed by atoms with Crippen molar-refractivity contribution in [3.63, 3.8) is 0 Å². The third kappa shape index (κ3) is 5.96. The van der Waals surface area contributed by atoms with Crippen molar-refractivity contribution in [2.24, 2.45) is 5.92 Å². The fourth-order valence-corrected chi connectivity index (χ4v) is 3.89. The Morgan fingerprint density at radius 1 is 1.11 bits per heavy atom. The summed E-state index contributed by atoms with van der Waals surface area (Å²) in [5, 5.41) is 3.10. The molecular formula is C22H28N2O3S. The molecule has 2 aromatic rings. The van der Waals surface area contributed by atoms with Crippen LogP contribution < -0.4 is 9.62 Å². The zero-order valence-corrected chi connectivity index (χ0v) is 17.4. The standard InChI is InChI=1S/C22H28N2O3S/c1-5-15-24(28(4,26)27)20-13-11-19(12-14-20)22(25)23-21(16-17(2)3)18-9-7-6-8-10-18/h5-14,17,21H,1,15-16H2,2-4H3,(H,23,25)/t21-/m1/s1. The van der Waals surface area contributed by atoms with E-state index < -0.39 is 10.0 Å². The van der Waals surface area contributed by atoms with Crippen molar-refractivity contribution in [3.8, 4) is 0 Å². The maximum Gasteiger partial charge on any atom is 0.251 e. The highest BCUT2D eigenvalue weighted by atomic mass is 32.2. The van der Waals surface area contributed by atoms with E-state index in [1.165, 1.54) is 10.4 Å². The molecule has 150 valence electrons. The quantitative estimate of drug-likeness (QED) is 0.643. The number of anilines is 1. The molecule has 28 heavy (non-hydrogen) atoms. The van der Waals surface area contributed by atoms with Crippen LogP contribution in [-0.2, 0) is 10.0 Å². The van der Waals surface area contributed by atoms with Crippen LogP contribution in [0, 0.1) is 5.92 Å². The fraction of sp³-hybridized carbons (Fsp3) is 0.318. The molecule has 5 nitrogen and oxygen atoms in total. The van der Waals surface area contributed by atoms with Gasteiger partial charge in [0.2, 0.25) is 10.0 Å². The largest absolute Gasteiger partial charge is 0.345 e. The molecule has 1 atom stereocenters. The summed E-state index contributed by atoms with van der Waals surface area (Å²) in [5.41, 5.74) is 2.05. The van der Waals surface area contributed by atoms with Gasteiger partial charge in [-0.05, 0) is 42.2 Å². The lowest BCUT2D eigenvalue weighted by Gasteiger charge is -2.22. The van der Waals surface area contributed by atoms with Crippen LogP contribution in [0.1, 0.15) is 42.2 Å². The van der Waals surface area contributed by atoms with Crippen molar-refractivity contribution in [2.75, 3.05) is 17.1 Å². The smallest absolute Gasteiger partial charge is 0.251 e. The highest BCUT2D eigenvalue weighted by molar-refractivity contribution is 7.92. The number of hydrogen-bond acceptors (Lipinski definition) is 3. The molecule has 0 radical (unpaired) electrons. The van der Waals surface area contributed by atoms with E-state index in [0.29, 0.717) is 17.2 Å². The van der Waals surface area contributed by atoms with Gasteiger partial charge in [0.1, 0.15) is 0 Å². The number of nitrogens with zero attached hydrogens (tertiary/aromatic N) is 1. The van der Waals surface area contributed by atoms with E-state index in [1.807, 2.05) is 30.3 Å². The van der Waals surface area contributed by atoms with E-state index in [2.05, 4.69) is 25.7 Å². The van der Waals surface area contributed by atoms with E-state index in [9.17, 15) is 13.2 Å². The first kappa shape index (κ1) is 21.7. The Labute approximate surface area is 168 Å². The number of carbonyl (C=O) groups excluding carboxylic acids is 1. The average Bonchev–Trinajstić information content (AvgIpc) is 2.65. The second kappa shape index (κ2) is 9.55. The molecule has 0 aromatic heterocycles. The van der Waals surface area contributed by atoms with E-state index in [1.54, 1.807) is 24.3 Å². The first-order valence-corrected chi connectivity index (χ1v) is 11.1.